The molecule has 0 saturated carbocycles. The molecular formula is C13H20N4O. The molecule has 0 aromatic carbocycles. The summed E-state index contributed by atoms with van der Waals surface area (Å²) in [5.41, 5.74) is 3.10. The van der Waals surface area contributed by atoms with Crippen LogP contribution in [-0.4, -0.2) is 28.9 Å². The summed E-state index contributed by atoms with van der Waals surface area (Å²) in [6.45, 7) is 5.98. The SMILES string of the molecule is CC1(C)CCCN(C(=O)c2cccc(NN)n2)C1. The molecule has 0 radical (unpaired) electrons. The summed E-state index contributed by atoms with van der Waals surface area (Å²) in [6, 6.07) is 5.24. The first-order valence-electron chi connectivity index (χ1n) is 6.25. The van der Waals surface area contributed by atoms with Crippen LogP contribution in [0.2, 0.25) is 0 Å². The normalized spacial score (nSPS) is 18.5. The molecular weight excluding hydrogens is 228 g/mol. The van der Waals surface area contributed by atoms with Gasteiger partial charge in [-0.3, -0.25) is 4.79 Å². The lowest BCUT2D eigenvalue weighted by atomic mass is 9.84. The molecule has 2 heterocycles. The average molecular weight is 248 g/mol. The van der Waals surface area contributed by atoms with E-state index in [-0.39, 0.29) is 11.3 Å². The van der Waals surface area contributed by atoms with Crippen LogP contribution < -0.4 is 11.3 Å². The Morgan fingerprint density at radius 1 is 1.50 bits per heavy atom. The predicted octanol–water partition coefficient (Wildman–Crippen LogP) is 1.63. The third kappa shape index (κ3) is 2.79. The molecule has 18 heavy (non-hydrogen) atoms. The first-order valence-corrected chi connectivity index (χ1v) is 6.25. The van der Waals surface area contributed by atoms with Crippen molar-refractivity contribution < 1.29 is 4.79 Å². The van der Waals surface area contributed by atoms with Gasteiger partial charge in [0.2, 0.25) is 0 Å². The number of carbonyl (C=O) groups excluding carboxylic acids is 1. The fraction of sp³-hybridized carbons (Fsp3) is 0.538. The van der Waals surface area contributed by atoms with E-state index in [4.69, 9.17) is 5.84 Å². The Balaban J connectivity index is 2.15. The fourth-order valence-corrected chi connectivity index (χ4v) is 2.39. The summed E-state index contributed by atoms with van der Waals surface area (Å²) in [7, 11) is 0. The van der Waals surface area contributed by atoms with Crippen LogP contribution in [0.4, 0.5) is 5.82 Å². The number of rotatable bonds is 2. The molecule has 1 fully saturated rings. The van der Waals surface area contributed by atoms with Gasteiger partial charge in [-0.2, -0.15) is 0 Å². The van der Waals surface area contributed by atoms with Crippen molar-refractivity contribution in [3.63, 3.8) is 0 Å². The van der Waals surface area contributed by atoms with Gasteiger partial charge in [0.25, 0.3) is 5.91 Å². The minimum absolute atomic E-state index is 0.0140. The monoisotopic (exact) mass is 248 g/mol. The van der Waals surface area contributed by atoms with Crippen LogP contribution >= 0.6 is 0 Å². The molecule has 5 heteroatoms. The van der Waals surface area contributed by atoms with Crippen molar-refractivity contribution >= 4 is 11.7 Å². The molecule has 5 nitrogen and oxygen atoms in total. The Kier molecular flexibility index (Phi) is 3.52. The van der Waals surface area contributed by atoms with Gasteiger partial charge in [0.05, 0.1) is 0 Å². The molecule has 98 valence electrons. The molecule has 1 amide bonds. The Bertz CT molecular complexity index is 444. The van der Waals surface area contributed by atoms with Crippen molar-refractivity contribution in [2.75, 3.05) is 18.5 Å². The maximum Gasteiger partial charge on any atom is 0.272 e. The van der Waals surface area contributed by atoms with Crippen LogP contribution in [0.25, 0.3) is 0 Å². The minimum Gasteiger partial charge on any atom is -0.337 e. The number of hydrazine groups is 1. The van der Waals surface area contributed by atoms with E-state index in [2.05, 4.69) is 24.3 Å². The number of anilines is 1. The summed E-state index contributed by atoms with van der Waals surface area (Å²) >= 11 is 0. The second kappa shape index (κ2) is 4.94. The number of nitrogens with one attached hydrogen (secondary N) is 1. The Morgan fingerprint density at radius 2 is 2.28 bits per heavy atom. The molecule has 1 saturated heterocycles. The molecule has 2 rings (SSSR count). The molecule has 0 spiro atoms. The van der Waals surface area contributed by atoms with Gasteiger partial charge in [-0.1, -0.05) is 19.9 Å². The summed E-state index contributed by atoms with van der Waals surface area (Å²) in [5, 5.41) is 0. The van der Waals surface area contributed by atoms with Crippen molar-refractivity contribution in [3.05, 3.63) is 23.9 Å². The third-order valence-electron chi connectivity index (χ3n) is 3.30. The highest BCUT2D eigenvalue weighted by Gasteiger charge is 2.30. The van der Waals surface area contributed by atoms with E-state index in [1.807, 2.05) is 4.90 Å². The zero-order valence-corrected chi connectivity index (χ0v) is 10.9. The summed E-state index contributed by atoms with van der Waals surface area (Å²) in [6.07, 6.45) is 2.21. The van der Waals surface area contributed by atoms with E-state index >= 15 is 0 Å². The predicted molar refractivity (Wildman–Crippen MR) is 71.0 cm³/mol. The van der Waals surface area contributed by atoms with E-state index in [1.54, 1.807) is 18.2 Å². The van der Waals surface area contributed by atoms with Gasteiger partial charge in [0, 0.05) is 13.1 Å². The Hall–Kier alpha value is -1.62. The third-order valence-corrected chi connectivity index (χ3v) is 3.30. The van der Waals surface area contributed by atoms with Gasteiger partial charge in [0.15, 0.2) is 0 Å². The lowest BCUT2D eigenvalue weighted by Crippen LogP contribution is -2.43. The van der Waals surface area contributed by atoms with Gasteiger partial charge < -0.3 is 10.3 Å². The van der Waals surface area contributed by atoms with Crippen LogP contribution in [0.3, 0.4) is 0 Å². The highest BCUT2D eigenvalue weighted by Crippen LogP contribution is 2.29. The number of hydrogen-bond acceptors (Lipinski definition) is 4. The highest BCUT2D eigenvalue weighted by atomic mass is 16.2. The summed E-state index contributed by atoms with van der Waals surface area (Å²) < 4.78 is 0. The van der Waals surface area contributed by atoms with Crippen LogP contribution in [0.5, 0.6) is 0 Å². The maximum atomic E-state index is 12.4. The fourth-order valence-electron chi connectivity index (χ4n) is 2.39. The van der Waals surface area contributed by atoms with Gasteiger partial charge in [-0.25, -0.2) is 10.8 Å². The molecule has 1 aromatic rings. The quantitative estimate of drug-likeness (QED) is 0.616. The van der Waals surface area contributed by atoms with E-state index < -0.39 is 0 Å². The van der Waals surface area contributed by atoms with Crippen LogP contribution in [0, 0.1) is 5.41 Å². The molecule has 1 aliphatic heterocycles. The summed E-state index contributed by atoms with van der Waals surface area (Å²) in [5.74, 6) is 5.80. The molecule has 1 aromatic heterocycles. The van der Waals surface area contributed by atoms with Crippen molar-refractivity contribution in [1.82, 2.24) is 9.88 Å². The minimum atomic E-state index is -0.0140. The zero-order valence-electron chi connectivity index (χ0n) is 10.9. The number of pyridine rings is 1. The number of aromatic nitrogens is 1. The summed E-state index contributed by atoms with van der Waals surface area (Å²) in [4.78, 5) is 18.4. The van der Waals surface area contributed by atoms with Gasteiger partial charge in [0.1, 0.15) is 11.5 Å². The number of nitrogen functional groups attached to an aromatic ring is 1. The van der Waals surface area contributed by atoms with Crippen molar-refractivity contribution in [2.45, 2.75) is 26.7 Å². The van der Waals surface area contributed by atoms with Crippen molar-refractivity contribution in [3.8, 4) is 0 Å². The van der Waals surface area contributed by atoms with Crippen LogP contribution in [-0.2, 0) is 0 Å². The molecule has 0 atom stereocenters. The lowest BCUT2D eigenvalue weighted by molar-refractivity contribution is 0.0578. The van der Waals surface area contributed by atoms with E-state index in [1.165, 1.54) is 0 Å². The van der Waals surface area contributed by atoms with Gasteiger partial charge in [-0.15, -0.1) is 0 Å². The molecule has 0 unspecified atom stereocenters. The number of likely N-dealkylation sites (tertiary alicyclic amines) is 1. The van der Waals surface area contributed by atoms with Gasteiger partial charge >= 0.3 is 0 Å². The second-order valence-corrected chi connectivity index (χ2v) is 5.55. The zero-order chi connectivity index (χ0) is 13.2. The van der Waals surface area contributed by atoms with E-state index in [0.717, 1.165) is 25.9 Å². The number of piperidine rings is 1. The number of nitrogens with zero attached hydrogens (tertiary/aromatic N) is 2. The molecule has 0 bridgehead atoms. The van der Waals surface area contributed by atoms with Gasteiger partial charge in [-0.05, 0) is 30.4 Å². The molecule has 0 aliphatic carbocycles. The average Bonchev–Trinajstić information content (AvgIpc) is 2.37. The largest absolute Gasteiger partial charge is 0.337 e. The number of amides is 1. The van der Waals surface area contributed by atoms with E-state index in [9.17, 15) is 4.79 Å². The lowest BCUT2D eigenvalue weighted by Gasteiger charge is -2.37. The standard InChI is InChI=1S/C13H20N4O/c1-13(2)7-4-8-17(9-13)12(18)10-5-3-6-11(15-10)16-14/h3,5-6H,4,7-9,14H2,1-2H3,(H,15,16). The topological polar surface area (TPSA) is 71.2 Å². The molecule has 1 aliphatic rings. The van der Waals surface area contributed by atoms with Crippen molar-refractivity contribution in [2.24, 2.45) is 11.3 Å². The van der Waals surface area contributed by atoms with Crippen molar-refractivity contribution in [1.29, 1.82) is 0 Å². The number of nitrogens with two attached hydrogens (primary N) is 1. The second-order valence-electron chi connectivity index (χ2n) is 5.55. The van der Waals surface area contributed by atoms with Crippen LogP contribution in [0.15, 0.2) is 18.2 Å². The maximum absolute atomic E-state index is 12.4. The van der Waals surface area contributed by atoms with E-state index in [0.29, 0.717) is 11.5 Å². The number of hydrogen-bond donors (Lipinski definition) is 2. The first-order chi connectivity index (χ1) is 8.52. The Morgan fingerprint density at radius 3 is 2.94 bits per heavy atom. The smallest absolute Gasteiger partial charge is 0.272 e. The highest BCUT2D eigenvalue weighted by molar-refractivity contribution is 5.92. The first kappa shape index (κ1) is 12.8. The van der Waals surface area contributed by atoms with Crippen LogP contribution in [0.1, 0.15) is 37.2 Å². The number of carbonyl (C=O) groups is 1. The Labute approximate surface area is 107 Å². The molecule has 3 N–H and O–H groups in total.